The molecule has 0 radical (unpaired) electrons. The number of amides is 1. The van der Waals surface area contributed by atoms with Gasteiger partial charge < -0.3 is 15.4 Å². The van der Waals surface area contributed by atoms with Crippen molar-refractivity contribution in [3.05, 3.63) is 72.4 Å². The Morgan fingerprint density at radius 3 is 2.80 bits per heavy atom. The summed E-state index contributed by atoms with van der Waals surface area (Å²) in [5.41, 5.74) is 12.1. The Kier molecular flexibility index (Phi) is 4.17. The summed E-state index contributed by atoms with van der Waals surface area (Å²) >= 11 is 0. The molecule has 0 bridgehead atoms. The van der Waals surface area contributed by atoms with Crippen molar-refractivity contribution in [2.24, 2.45) is 7.05 Å². The standard InChI is InChI=1S/C26H23N7O2/c1-31-12-17(10-29-31)15-2-6-19-23(13-35-24(19)9-15)33(18-4-5-18)26(34)16-3-7-20-21(8-16)32-14-28-11-22(32)25(27)30-20/h2-3,6-12,14,18,23H,4-5,13H2,1H3,(H2,27,30)/t23-/m1/s1. The molecule has 1 aliphatic heterocycles. The number of carbonyl (C=O) groups is 1. The third-order valence-electron chi connectivity index (χ3n) is 6.94. The van der Waals surface area contributed by atoms with Crippen LogP contribution in [0.3, 0.4) is 0 Å². The van der Waals surface area contributed by atoms with Crippen molar-refractivity contribution in [1.82, 2.24) is 29.0 Å². The normalized spacial score (nSPS) is 17.0. The number of aryl methyl sites for hydroxylation is 1. The van der Waals surface area contributed by atoms with Gasteiger partial charge in [-0.2, -0.15) is 5.10 Å². The van der Waals surface area contributed by atoms with E-state index in [1.54, 1.807) is 17.2 Å². The van der Waals surface area contributed by atoms with Crippen molar-refractivity contribution in [2.75, 3.05) is 12.3 Å². The summed E-state index contributed by atoms with van der Waals surface area (Å²) in [5, 5.41) is 4.27. The van der Waals surface area contributed by atoms with Crippen LogP contribution in [0.15, 0.2) is 61.3 Å². The van der Waals surface area contributed by atoms with E-state index >= 15 is 0 Å². The van der Waals surface area contributed by atoms with Crippen LogP contribution in [0.4, 0.5) is 5.82 Å². The van der Waals surface area contributed by atoms with Crippen LogP contribution in [-0.2, 0) is 7.05 Å². The highest BCUT2D eigenvalue weighted by molar-refractivity contribution is 5.98. The number of ether oxygens (including phenoxy) is 1. The molecule has 9 heteroatoms. The fourth-order valence-electron chi connectivity index (χ4n) is 5.04. The molecule has 0 spiro atoms. The van der Waals surface area contributed by atoms with E-state index in [0.29, 0.717) is 18.0 Å². The van der Waals surface area contributed by atoms with Crippen LogP contribution in [0.25, 0.3) is 27.7 Å². The van der Waals surface area contributed by atoms with Crippen LogP contribution in [0.1, 0.15) is 34.8 Å². The van der Waals surface area contributed by atoms with Gasteiger partial charge in [-0.3, -0.25) is 13.9 Å². The van der Waals surface area contributed by atoms with Gasteiger partial charge in [0.25, 0.3) is 5.91 Å². The summed E-state index contributed by atoms with van der Waals surface area (Å²) in [5.74, 6) is 1.24. The van der Waals surface area contributed by atoms with Gasteiger partial charge in [0.2, 0.25) is 0 Å². The fourth-order valence-corrected chi connectivity index (χ4v) is 5.04. The van der Waals surface area contributed by atoms with E-state index in [9.17, 15) is 4.79 Å². The van der Waals surface area contributed by atoms with Crippen LogP contribution in [0.2, 0.25) is 0 Å². The Hall–Kier alpha value is -4.40. The second-order valence-electron chi connectivity index (χ2n) is 9.28. The van der Waals surface area contributed by atoms with Crippen LogP contribution in [-0.4, -0.2) is 47.6 Å². The monoisotopic (exact) mass is 465 g/mol. The number of imidazole rings is 1. The van der Waals surface area contributed by atoms with E-state index in [0.717, 1.165) is 51.8 Å². The minimum Gasteiger partial charge on any atom is -0.491 e. The molecule has 1 fully saturated rings. The van der Waals surface area contributed by atoms with E-state index in [2.05, 4.69) is 27.2 Å². The maximum absolute atomic E-state index is 13.9. The van der Waals surface area contributed by atoms with Crippen molar-refractivity contribution >= 4 is 28.3 Å². The van der Waals surface area contributed by atoms with Gasteiger partial charge in [-0.15, -0.1) is 0 Å². The summed E-state index contributed by atoms with van der Waals surface area (Å²) in [6.07, 6.45) is 9.20. The quantitative estimate of drug-likeness (QED) is 0.435. The van der Waals surface area contributed by atoms with Crippen molar-refractivity contribution in [2.45, 2.75) is 24.9 Å². The molecular formula is C26H23N7O2. The lowest BCUT2D eigenvalue weighted by Crippen LogP contribution is -2.37. The first kappa shape index (κ1) is 20.0. The summed E-state index contributed by atoms with van der Waals surface area (Å²) < 4.78 is 9.76. The van der Waals surface area contributed by atoms with Gasteiger partial charge in [-0.1, -0.05) is 12.1 Å². The van der Waals surface area contributed by atoms with E-state index in [1.165, 1.54) is 0 Å². The Morgan fingerprint density at radius 2 is 2.00 bits per heavy atom. The molecule has 9 nitrogen and oxygen atoms in total. The first-order valence-corrected chi connectivity index (χ1v) is 11.7. The molecule has 7 rings (SSSR count). The number of hydrogen-bond acceptors (Lipinski definition) is 6. The second kappa shape index (κ2) is 7.30. The highest BCUT2D eigenvalue weighted by Crippen LogP contribution is 2.43. The Morgan fingerprint density at radius 1 is 1.11 bits per heavy atom. The zero-order valence-electron chi connectivity index (χ0n) is 19.1. The van der Waals surface area contributed by atoms with Gasteiger partial charge in [0.05, 0.1) is 35.8 Å². The first-order valence-electron chi connectivity index (χ1n) is 11.7. The molecule has 3 aromatic heterocycles. The number of benzene rings is 2. The number of nitrogens with two attached hydrogens (primary N) is 1. The number of anilines is 1. The van der Waals surface area contributed by atoms with Gasteiger partial charge in [0, 0.05) is 36.0 Å². The Bertz CT molecular complexity index is 1630. The highest BCUT2D eigenvalue weighted by atomic mass is 16.5. The zero-order chi connectivity index (χ0) is 23.7. The maximum atomic E-state index is 13.9. The minimum absolute atomic E-state index is 0.00252. The van der Waals surface area contributed by atoms with Gasteiger partial charge >= 0.3 is 0 Å². The summed E-state index contributed by atoms with van der Waals surface area (Å²) in [6, 6.07) is 11.9. The zero-order valence-corrected chi connectivity index (χ0v) is 19.1. The van der Waals surface area contributed by atoms with Gasteiger partial charge in [0.15, 0.2) is 0 Å². The predicted molar refractivity (Wildman–Crippen MR) is 131 cm³/mol. The lowest BCUT2D eigenvalue weighted by atomic mass is 10.0. The van der Waals surface area contributed by atoms with E-state index in [4.69, 9.17) is 10.5 Å². The number of aromatic nitrogens is 5. The molecular weight excluding hydrogens is 442 g/mol. The average molecular weight is 466 g/mol. The predicted octanol–water partition coefficient (Wildman–Crippen LogP) is 3.60. The van der Waals surface area contributed by atoms with E-state index < -0.39 is 0 Å². The molecule has 1 saturated carbocycles. The molecule has 0 saturated heterocycles. The Balaban J connectivity index is 1.26. The molecule has 174 valence electrons. The van der Waals surface area contributed by atoms with E-state index in [-0.39, 0.29) is 18.0 Å². The average Bonchev–Trinajstić information content (AvgIpc) is 3.22. The minimum atomic E-state index is -0.124. The molecule has 2 aliphatic rings. The van der Waals surface area contributed by atoms with Crippen molar-refractivity contribution < 1.29 is 9.53 Å². The number of nitrogens with zero attached hydrogens (tertiary/aromatic N) is 6. The smallest absolute Gasteiger partial charge is 0.254 e. The lowest BCUT2D eigenvalue weighted by molar-refractivity contribution is 0.0630. The number of nitrogen functional groups attached to an aromatic ring is 1. The van der Waals surface area contributed by atoms with Crippen molar-refractivity contribution in [1.29, 1.82) is 0 Å². The third-order valence-corrected chi connectivity index (χ3v) is 6.94. The molecule has 1 aliphatic carbocycles. The van der Waals surface area contributed by atoms with Crippen molar-refractivity contribution in [3.63, 3.8) is 0 Å². The molecule has 2 N–H and O–H groups in total. The number of carbonyl (C=O) groups excluding carboxylic acids is 1. The molecule has 5 aromatic rings. The molecule has 1 atom stereocenters. The summed E-state index contributed by atoms with van der Waals surface area (Å²) in [6.45, 7) is 0.450. The molecule has 1 amide bonds. The molecule has 35 heavy (non-hydrogen) atoms. The summed E-state index contributed by atoms with van der Waals surface area (Å²) in [4.78, 5) is 24.6. The molecule has 0 unspecified atom stereocenters. The first-order chi connectivity index (χ1) is 17.1. The van der Waals surface area contributed by atoms with Crippen LogP contribution < -0.4 is 10.5 Å². The third kappa shape index (κ3) is 3.15. The van der Waals surface area contributed by atoms with Crippen LogP contribution in [0.5, 0.6) is 5.75 Å². The van der Waals surface area contributed by atoms with Gasteiger partial charge in [0.1, 0.15) is 23.7 Å². The maximum Gasteiger partial charge on any atom is 0.254 e. The van der Waals surface area contributed by atoms with Crippen LogP contribution >= 0.6 is 0 Å². The van der Waals surface area contributed by atoms with E-state index in [1.807, 2.05) is 53.0 Å². The second-order valence-corrected chi connectivity index (χ2v) is 9.28. The molecule has 4 heterocycles. The van der Waals surface area contributed by atoms with Gasteiger partial charge in [-0.25, -0.2) is 9.97 Å². The SMILES string of the molecule is Cn1cc(-c2ccc3c(c2)OC[C@H]3N(C(=O)c2ccc3nc(N)c4cncn4c3c2)C2CC2)cn1. The van der Waals surface area contributed by atoms with Gasteiger partial charge in [-0.05, 0) is 42.7 Å². The Labute approximate surface area is 200 Å². The highest BCUT2D eigenvalue weighted by Gasteiger charge is 2.42. The number of rotatable bonds is 4. The summed E-state index contributed by atoms with van der Waals surface area (Å²) in [7, 11) is 1.90. The fraction of sp³-hybridized carbons (Fsp3) is 0.231. The number of hydrogen-bond donors (Lipinski definition) is 1. The largest absolute Gasteiger partial charge is 0.491 e. The van der Waals surface area contributed by atoms with Crippen LogP contribution in [0, 0.1) is 0 Å². The number of fused-ring (bicyclic) bond motifs is 4. The lowest BCUT2D eigenvalue weighted by Gasteiger charge is -2.28. The topological polar surface area (TPSA) is 104 Å². The van der Waals surface area contributed by atoms with Crippen molar-refractivity contribution in [3.8, 4) is 16.9 Å². The molecule has 2 aromatic carbocycles.